The van der Waals surface area contributed by atoms with E-state index in [9.17, 15) is 34.5 Å². The largest absolute Gasteiger partial charge is 0.465 e. The molecule has 4 amide bonds. The fourth-order valence-electron chi connectivity index (χ4n) is 8.33. The average molecular weight is 824 g/mol. The summed E-state index contributed by atoms with van der Waals surface area (Å²) in [6.07, 6.45) is 0.563. The van der Waals surface area contributed by atoms with Gasteiger partial charge in [-0.25, -0.2) is 19.6 Å². The Bertz CT molecular complexity index is 2370. The molecule has 4 atom stereocenters. The molecule has 2 saturated heterocycles. The number of rotatable bonds is 13. The number of likely N-dealkylation sites (tertiary alicyclic amines) is 2. The number of alkyl carbamates (subject to hydrolysis) is 1. The third kappa shape index (κ3) is 9.01. The Hall–Kier alpha value is -6.20. The zero-order chi connectivity index (χ0) is 42.9. The molecule has 2 fully saturated rings. The van der Waals surface area contributed by atoms with Crippen molar-refractivity contribution in [3.63, 3.8) is 0 Å². The lowest BCUT2D eigenvalue weighted by atomic mass is 9.97. The zero-order valence-corrected chi connectivity index (χ0v) is 34.4. The number of carboxylic acid groups (broad SMARTS) is 1. The summed E-state index contributed by atoms with van der Waals surface area (Å²) in [4.78, 5) is 73.0. The molecule has 2 aromatic heterocycles. The molecule has 0 radical (unpaired) electrons. The number of nitrogens with zero attached hydrogens (tertiary/aromatic N) is 5. The quantitative estimate of drug-likeness (QED) is 0.0847. The minimum absolute atomic E-state index is 0.368. The van der Waals surface area contributed by atoms with Crippen LogP contribution in [-0.2, 0) is 27.4 Å². The number of H-pyrrole nitrogens is 2. The maximum atomic E-state index is 13.8. The van der Waals surface area contributed by atoms with Crippen molar-refractivity contribution in [1.29, 1.82) is 0 Å². The van der Waals surface area contributed by atoms with Gasteiger partial charge in [-0.1, -0.05) is 30.3 Å². The smallest absolute Gasteiger partial charge is 0.407 e. The Kier molecular flexibility index (Phi) is 11.8. The molecule has 0 spiro atoms. The molecule has 0 unspecified atom stereocenters. The van der Waals surface area contributed by atoms with Crippen molar-refractivity contribution in [1.82, 2.24) is 40.4 Å². The summed E-state index contributed by atoms with van der Waals surface area (Å²) in [5.41, 5.74) is 3.04. The van der Waals surface area contributed by atoms with Crippen LogP contribution in [0.4, 0.5) is 15.3 Å². The van der Waals surface area contributed by atoms with Gasteiger partial charge >= 0.3 is 12.2 Å². The summed E-state index contributed by atoms with van der Waals surface area (Å²) in [6.45, 7) is 7.75. The number of para-hydroxylation sites is 1. The van der Waals surface area contributed by atoms with E-state index in [-0.39, 0.29) is 6.04 Å². The van der Waals surface area contributed by atoms with Crippen molar-refractivity contribution in [2.75, 3.05) is 25.1 Å². The number of fused-ring (bicyclic) bond motifs is 2. The third-order valence-electron chi connectivity index (χ3n) is 11.3. The molecule has 17 nitrogen and oxygen atoms in total. The van der Waals surface area contributed by atoms with E-state index >= 15 is 0 Å². The maximum Gasteiger partial charge on any atom is 0.407 e. The topological polar surface area (TPSA) is 229 Å². The van der Waals surface area contributed by atoms with Crippen molar-refractivity contribution >= 4 is 51.8 Å². The Balaban J connectivity index is 1.10. The van der Waals surface area contributed by atoms with Crippen molar-refractivity contribution in [2.24, 2.45) is 0 Å². The second kappa shape index (κ2) is 16.8. The summed E-state index contributed by atoms with van der Waals surface area (Å²) < 4.78 is 4.72. The number of methoxy groups -OCH3 is 1. The highest BCUT2D eigenvalue weighted by Gasteiger charge is 2.44. The molecule has 4 heterocycles. The first kappa shape index (κ1) is 41.9. The van der Waals surface area contributed by atoms with Gasteiger partial charge in [0.2, 0.25) is 11.8 Å². The molecular weight excluding hydrogens is 771 g/mol. The van der Waals surface area contributed by atoms with Crippen LogP contribution in [0, 0.1) is 0 Å². The average Bonchev–Trinajstić information content (AvgIpc) is 4.03. The van der Waals surface area contributed by atoms with Crippen LogP contribution >= 0.6 is 0 Å². The molecule has 0 bridgehead atoms. The Morgan fingerprint density at radius 1 is 0.767 bits per heavy atom. The van der Waals surface area contributed by atoms with E-state index in [0.29, 0.717) is 57.1 Å². The van der Waals surface area contributed by atoms with E-state index < -0.39 is 53.3 Å². The van der Waals surface area contributed by atoms with Gasteiger partial charge in [0.1, 0.15) is 23.7 Å². The highest BCUT2D eigenvalue weighted by molar-refractivity contribution is 5.88. The molecular formula is C43H53N9O8. The molecule has 0 saturated carbocycles. The normalized spacial score (nSPS) is 18.1. The van der Waals surface area contributed by atoms with E-state index in [1.54, 1.807) is 9.80 Å². The monoisotopic (exact) mass is 823 g/mol. The highest BCUT2D eigenvalue weighted by Crippen LogP contribution is 2.35. The first-order valence-corrected chi connectivity index (χ1v) is 20.2. The minimum atomic E-state index is -1.61. The predicted octanol–water partition coefficient (Wildman–Crippen LogP) is 4.88. The zero-order valence-electron chi connectivity index (χ0n) is 34.4. The first-order chi connectivity index (χ1) is 28.5. The number of carbonyl (C=O) groups is 4. The number of benzene rings is 3. The molecule has 7 N–H and O–H groups in total. The Morgan fingerprint density at radius 3 is 1.67 bits per heavy atom. The van der Waals surface area contributed by atoms with Crippen LogP contribution in [0.5, 0.6) is 0 Å². The number of aliphatic hydroxyl groups is 2. The van der Waals surface area contributed by atoms with Crippen LogP contribution in [0.1, 0.15) is 88.2 Å². The van der Waals surface area contributed by atoms with Crippen LogP contribution in [0.3, 0.4) is 0 Å². The van der Waals surface area contributed by atoms with Crippen molar-refractivity contribution < 1.29 is 39.2 Å². The number of amides is 4. The van der Waals surface area contributed by atoms with Crippen molar-refractivity contribution in [3.8, 4) is 0 Å². The molecule has 60 heavy (non-hydrogen) atoms. The van der Waals surface area contributed by atoms with Crippen molar-refractivity contribution in [2.45, 2.75) is 102 Å². The standard InChI is InChI=1S/C43H53N9O8/c1-42(2,58)34(48-40(55)56)38(53)51-19-9-13-32(51)36-44-28-17-15-25(21-30(28)46-36)23-50(27-11-7-6-8-12-27)24-26-16-18-29-31(22-26)47-37(45-29)33-14-10-20-52(33)39(54)35(43(3,4)59)49-41(57)60-5/h6-8,11-12,15-18,21-22,32-35,48,58-59H,9-10,13-14,19-20,23-24H2,1-5H3,(H,44,46)(H,45,47)(H,49,57)(H,55,56)/t32-,33-,34+,35+/m0/s1. The lowest BCUT2D eigenvalue weighted by molar-refractivity contribution is -0.141. The maximum absolute atomic E-state index is 13.8. The van der Waals surface area contributed by atoms with Gasteiger partial charge in [-0.05, 0) is 101 Å². The van der Waals surface area contributed by atoms with E-state index in [1.807, 2.05) is 42.5 Å². The molecule has 2 aliphatic heterocycles. The third-order valence-corrected chi connectivity index (χ3v) is 11.3. The molecule has 7 rings (SSSR count). The summed E-state index contributed by atoms with van der Waals surface area (Å²) in [7, 11) is 1.21. The summed E-state index contributed by atoms with van der Waals surface area (Å²) >= 11 is 0. The molecule has 2 aliphatic rings. The molecule has 17 heteroatoms. The van der Waals surface area contributed by atoms with Gasteiger partial charge < -0.3 is 55.4 Å². The number of anilines is 1. The summed E-state index contributed by atoms with van der Waals surface area (Å²) in [5, 5.41) is 35.5. The number of carbonyl (C=O) groups excluding carboxylic acids is 3. The predicted molar refractivity (Wildman–Crippen MR) is 223 cm³/mol. The number of ether oxygens (including phenoxy) is 1. The van der Waals surface area contributed by atoms with Gasteiger partial charge in [-0.3, -0.25) is 9.59 Å². The number of imidazole rings is 2. The summed E-state index contributed by atoms with van der Waals surface area (Å²) in [6, 6.07) is 18.9. The van der Waals surface area contributed by atoms with Crippen molar-refractivity contribution in [3.05, 3.63) is 89.5 Å². The fraction of sp³-hybridized carbons (Fsp3) is 0.442. The highest BCUT2D eigenvalue weighted by atomic mass is 16.5. The van der Waals surface area contributed by atoms with Gasteiger partial charge in [0.05, 0.1) is 52.5 Å². The molecule has 318 valence electrons. The van der Waals surface area contributed by atoms with E-state index in [1.165, 1.54) is 34.8 Å². The first-order valence-electron chi connectivity index (χ1n) is 20.2. The second-order valence-corrected chi connectivity index (χ2v) is 16.8. The van der Waals surface area contributed by atoms with E-state index in [2.05, 4.69) is 49.8 Å². The number of aromatic nitrogens is 4. The van der Waals surface area contributed by atoms with Gasteiger partial charge in [-0.2, -0.15) is 0 Å². The van der Waals surface area contributed by atoms with Gasteiger partial charge in [0, 0.05) is 31.9 Å². The molecule has 0 aliphatic carbocycles. The van der Waals surface area contributed by atoms with Crippen LogP contribution in [0.15, 0.2) is 66.7 Å². The van der Waals surface area contributed by atoms with E-state index in [0.717, 1.165) is 45.3 Å². The van der Waals surface area contributed by atoms with Gasteiger partial charge in [0.25, 0.3) is 0 Å². The lowest BCUT2D eigenvalue weighted by Crippen LogP contribution is -2.58. The Morgan fingerprint density at radius 2 is 1.23 bits per heavy atom. The van der Waals surface area contributed by atoms with E-state index in [4.69, 9.17) is 14.7 Å². The van der Waals surface area contributed by atoms with Crippen LogP contribution in [0.2, 0.25) is 0 Å². The van der Waals surface area contributed by atoms with Crippen LogP contribution in [-0.4, -0.2) is 113 Å². The van der Waals surface area contributed by atoms with Crippen LogP contribution < -0.4 is 15.5 Å². The summed E-state index contributed by atoms with van der Waals surface area (Å²) in [5.74, 6) is 0.315. The second-order valence-electron chi connectivity index (χ2n) is 16.8. The Labute approximate surface area is 347 Å². The fourth-order valence-corrected chi connectivity index (χ4v) is 8.33. The number of hydrogen-bond donors (Lipinski definition) is 7. The number of aromatic amines is 2. The molecule has 5 aromatic rings. The SMILES string of the molecule is COC(=O)N[C@H](C(=O)N1CCC[C@H]1c1nc2ccc(CN(Cc3ccc4nc([C@@H]5CCCN5C(=O)[C@@H](NC(=O)O)C(C)(C)O)[nH]c4c3)c3ccccc3)cc2[nH]1)C(C)(C)O. The number of hydrogen-bond acceptors (Lipinski definition) is 10. The minimum Gasteiger partial charge on any atom is -0.465 e. The number of nitrogens with one attached hydrogen (secondary N) is 4. The van der Waals surface area contributed by atoms with Crippen LogP contribution in [0.25, 0.3) is 22.1 Å². The van der Waals surface area contributed by atoms with Gasteiger partial charge in [0.15, 0.2) is 0 Å². The van der Waals surface area contributed by atoms with Gasteiger partial charge in [-0.15, -0.1) is 0 Å². The molecule has 3 aromatic carbocycles. The lowest BCUT2D eigenvalue weighted by Gasteiger charge is -2.34.